The van der Waals surface area contributed by atoms with Crippen LogP contribution < -0.4 is 0 Å². The number of nitrogens with zero attached hydrogens (tertiary/aromatic N) is 4. The largest absolute Gasteiger partial charge is 0.344 e. The molecule has 0 aromatic heterocycles. The van der Waals surface area contributed by atoms with E-state index in [0.717, 1.165) is 72.8 Å². The molecule has 0 bridgehead atoms. The topological polar surface area (TPSA) is 13.0 Å². The molecule has 32 heavy (non-hydrogen) atoms. The number of unbranched alkanes of at least 4 members (excludes halogenated alkanes) is 1. The first-order chi connectivity index (χ1) is 15.7. The van der Waals surface area contributed by atoms with E-state index in [0.29, 0.717) is 0 Å². The first-order valence-corrected chi connectivity index (χ1v) is 13.8. The van der Waals surface area contributed by atoms with Gasteiger partial charge in [-0.1, -0.05) is 109 Å². The first kappa shape index (κ1) is 24.0. The number of hydrogen-bond donors (Lipinski definition) is 0. The van der Waals surface area contributed by atoms with Gasteiger partial charge >= 0.3 is 0 Å². The van der Waals surface area contributed by atoms with Crippen molar-refractivity contribution in [3.05, 3.63) is 71.8 Å². The molecule has 2 aromatic rings. The van der Waals surface area contributed by atoms with Crippen LogP contribution >= 0.6 is 48.0 Å². The van der Waals surface area contributed by atoms with Gasteiger partial charge in [0, 0.05) is 26.2 Å². The molecule has 0 spiro atoms. The Morgan fingerprint density at radius 3 is 1.44 bits per heavy atom. The summed E-state index contributed by atoms with van der Waals surface area (Å²) in [4.78, 5) is 9.65. The summed E-state index contributed by atoms with van der Waals surface area (Å²) < 4.78 is 2.07. The van der Waals surface area contributed by atoms with Crippen molar-refractivity contribution in [1.82, 2.24) is 19.6 Å². The fourth-order valence-electron chi connectivity index (χ4n) is 3.96. The van der Waals surface area contributed by atoms with Gasteiger partial charge < -0.3 is 9.80 Å². The van der Waals surface area contributed by atoms with Crippen LogP contribution in [-0.4, -0.2) is 66.4 Å². The number of thiocarbonyl (C=S) groups is 2. The van der Waals surface area contributed by atoms with Crippen LogP contribution in [0.4, 0.5) is 0 Å². The standard InChI is InChI=1S/C24H30N4S4/c29-23-27(17-25(19-31-23)15-21-9-3-1-4-10-21)13-7-8-14-28-18-26(20-32-24(28)30)16-22-11-5-2-6-12-22/h1-6,9-12H,7-8,13-20H2. The highest BCUT2D eigenvalue weighted by Crippen LogP contribution is 2.23. The lowest BCUT2D eigenvalue weighted by atomic mass is 10.2. The van der Waals surface area contributed by atoms with E-state index < -0.39 is 0 Å². The van der Waals surface area contributed by atoms with Crippen molar-refractivity contribution in [2.75, 3.05) is 38.2 Å². The van der Waals surface area contributed by atoms with Crippen molar-refractivity contribution in [2.24, 2.45) is 0 Å². The summed E-state index contributed by atoms with van der Waals surface area (Å²) in [7, 11) is 0. The van der Waals surface area contributed by atoms with E-state index in [4.69, 9.17) is 24.4 Å². The van der Waals surface area contributed by atoms with E-state index in [-0.39, 0.29) is 0 Å². The average molecular weight is 503 g/mol. The summed E-state index contributed by atoms with van der Waals surface area (Å²) in [5, 5.41) is 0. The third kappa shape index (κ3) is 7.17. The van der Waals surface area contributed by atoms with Crippen LogP contribution in [0.5, 0.6) is 0 Å². The SMILES string of the molecule is S=C1SCN(Cc2ccccc2)CN1CCCCN1CN(Cc2ccccc2)CSC1=S. The monoisotopic (exact) mass is 502 g/mol. The van der Waals surface area contributed by atoms with E-state index in [1.54, 1.807) is 23.5 Å². The highest BCUT2D eigenvalue weighted by atomic mass is 32.2. The quantitative estimate of drug-likeness (QED) is 0.335. The van der Waals surface area contributed by atoms with Crippen molar-refractivity contribution in [3.8, 4) is 0 Å². The maximum absolute atomic E-state index is 5.64. The molecule has 170 valence electrons. The van der Waals surface area contributed by atoms with Gasteiger partial charge in [-0.05, 0) is 24.0 Å². The minimum Gasteiger partial charge on any atom is -0.344 e. The first-order valence-electron chi connectivity index (χ1n) is 11.0. The third-order valence-corrected chi connectivity index (χ3v) is 8.83. The van der Waals surface area contributed by atoms with E-state index >= 15 is 0 Å². The molecule has 2 heterocycles. The van der Waals surface area contributed by atoms with Crippen LogP contribution in [0.25, 0.3) is 0 Å². The van der Waals surface area contributed by atoms with E-state index in [2.05, 4.69) is 80.3 Å². The lowest BCUT2D eigenvalue weighted by molar-refractivity contribution is 0.191. The number of thioether (sulfide) groups is 2. The smallest absolute Gasteiger partial charge is 0.138 e. The van der Waals surface area contributed by atoms with Gasteiger partial charge in [-0.15, -0.1) is 0 Å². The molecule has 0 saturated carbocycles. The second kappa shape index (κ2) is 12.3. The highest BCUT2D eigenvalue weighted by molar-refractivity contribution is 8.23. The van der Waals surface area contributed by atoms with Gasteiger partial charge in [-0.25, -0.2) is 0 Å². The van der Waals surface area contributed by atoms with Crippen LogP contribution in [-0.2, 0) is 13.1 Å². The summed E-state index contributed by atoms with van der Waals surface area (Å²) in [6.45, 7) is 5.82. The van der Waals surface area contributed by atoms with Gasteiger partial charge in [0.25, 0.3) is 0 Å². The zero-order valence-corrected chi connectivity index (χ0v) is 21.5. The molecule has 4 rings (SSSR count). The van der Waals surface area contributed by atoms with E-state index in [9.17, 15) is 0 Å². The van der Waals surface area contributed by atoms with Gasteiger partial charge in [0.2, 0.25) is 0 Å². The molecule has 0 atom stereocenters. The van der Waals surface area contributed by atoms with Crippen LogP contribution in [0.3, 0.4) is 0 Å². The molecule has 2 aliphatic rings. The Kier molecular flexibility index (Phi) is 9.25. The minimum absolute atomic E-state index is 0.920. The zero-order valence-electron chi connectivity index (χ0n) is 18.3. The normalized spacial score (nSPS) is 18.4. The van der Waals surface area contributed by atoms with Crippen molar-refractivity contribution in [1.29, 1.82) is 0 Å². The van der Waals surface area contributed by atoms with Crippen molar-refractivity contribution in [2.45, 2.75) is 25.9 Å². The number of rotatable bonds is 9. The number of benzene rings is 2. The molecule has 8 heteroatoms. The molecular weight excluding hydrogens is 473 g/mol. The molecule has 2 aromatic carbocycles. The summed E-state index contributed by atoms with van der Waals surface area (Å²) in [5.74, 6) is 1.95. The average Bonchev–Trinajstić information content (AvgIpc) is 2.82. The predicted molar refractivity (Wildman–Crippen MR) is 146 cm³/mol. The Bertz CT molecular complexity index is 807. The molecule has 2 saturated heterocycles. The fourth-order valence-corrected chi connectivity index (χ4v) is 6.17. The number of hydrogen-bond acceptors (Lipinski definition) is 6. The predicted octanol–water partition coefficient (Wildman–Crippen LogP) is 5.27. The van der Waals surface area contributed by atoms with Crippen LogP contribution in [0.2, 0.25) is 0 Å². The Morgan fingerprint density at radius 1 is 0.625 bits per heavy atom. The highest BCUT2D eigenvalue weighted by Gasteiger charge is 2.23. The Labute approximate surface area is 211 Å². The van der Waals surface area contributed by atoms with Gasteiger partial charge in [0.05, 0.1) is 25.1 Å². The lowest BCUT2D eigenvalue weighted by Gasteiger charge is -2.38. The Hall–Kier alpha value is -1.16. The van der Waals surface area contributed by atoms with Gasteiger partial charge in [0.15, 0.2) is 0 Å². The molecule has 2 aliphatic heterocycles. The summed E-state index contributed by atoms with van der Waals surface area (Å²) in [6, 6.07) is 21.4. The van der Waals surface area contributed by atoms with Crippen LogP contribution in [0.1, 0.15) is 24.0 Å². The van der Waals surface area contributed by atoms with Crippen molar-refractivity contribution in [3.63, 3.8) is 0 Å². The maximum Gasteiger partial charge on any atom is 0.138 e. The molecule has 0 aliphatic carbocycles. The molecule has 0 radical (unpaired) electrons. The summed E-state index contributed by atoms with van der Waals surface area (Å²) >= 11 is 14.8. The molecule has 0 N–H and O–H groups in total. The zero-order chi connectivity index (χ0) is 22.2. The summed E-state index contributed by atoms with van der Waals surface area (Å²) in [5.41, 5.74) is 2.72. The minimum atomic E-state index is 0.920. The Balaban J connectivity index is 1.19. The second-order valence-electron chi connectivity index (χ2n) is 8.22. The third-order valence-electron chi connectivity index (χ3n) is 5.60. The van der Waals surface area contributed by atoms with Gasteiger partial charge in [0.1, 0.15) is 8.64 Å². The molecule has 0 unspecified atom stereocenters. The molecule has 4 nitrogen and oxygen atoms in total. The molecule has 2 fully saturated rings. The van der Waals surface area contributed by atoms with E-state index in [1.807, 2.05) is 0 Å². The molecule has 0 amide bonds. The van der Waals surface area contributed by atoms with Crippen molar-refractivity contribution < 1.29 is 0 Å². The van der Waals surface area contributed by atoms with E-state index in [1.165, 1.54) is 11.1 Å². The Morgan fingerprint density at radius 2 is 1.03 bits per heavy atom. The molecular formula is C24H30N4S4. The summed E-state index contributed by atoms with van der Waals surface area (Å²) in [6.07, 6.45) is 2.25. The van der Waals surface area contributed by atoms with Gasteiger partial charge in [-0.2, -0.15) is 0 Å². The van der Waals surface area contributed by atoms with Gasteiger partial charge in [-0.3, -0.25) is 9.80 Å². The van der Waals surface area contributed by atoms with Crippen LogP contribution in [0.15, 0.2) is 60.7 Å². The lowest BCUT2D eigenvalue weighted by Crippen LogP contribution is -2.45. The fraction of sp³-hybridized carbons (Fsp3) is 0.417. The van der Waals surface area contributed by atoms with Crippen molar-refractivity contribution >= 4 is 56.6 Å². The van der Waals surface area contributed by atoms with Crippen LogP contribution in [0, 0.1) is 0 Å². The maximum atomic E-state index is 5.64. The second-order valence-corrected chi connectivity index (χ2v) is 11.4.